The predicted octanol–water partition coefficient (Wildman–Crippen LogP) is 3.19. The van der Waals surface area contributed by atoms with Crippen LogP contribution in [0.1, 0.15) is 44.3 Å². The lowest BCUT2D eigenvalue weighted by molar-refractivity contribution is 0.467. The average Bonchev–Trinajstić information content (AvgIpc) is 3.13. The van der Waals surface area contributed by atoms with E-state index in [4.69, 9.17) is 4.98 Å². The minimum Gasteiger partial charge on any atom is -0.328 e. The summed E-state index contributed by atoms with van der Waals surface area (Å²) in [6.07, 6.45) is 4.77. The van der Waals surface area contributed by atoms with Crippen molar-refractivity contribution in [2.75, 3.05) is 0 Å². The van der Waals surface area contributed by atoms with Crippen LogP contribution >= 0.6 is 0 Å². The zero-order valence-corrected chi connectivity index (χ0v) is 11.8. The van der Waals surface area contributed by atoms with Crippen LogP contribution < -0.4 is 5.32 Å². The van der Waals surface area contributed by atoms with Crippen molar-refractivity contribution in [3.8, 4) is 0 Å². The van der Waals surface area contributed by atoms with Crippen molar-refractivity contribution in [3.63, 3.8) is 0 Å². The van der Waals surface area contributed by atoms with Crippen molar-refractivity contribution < 1.29 is 4.39 Å². The van der Waals surface area contributed by atoms with E-state index in [-0.39, 0.29) is 5.82 Å². The van der Waals surface area contributed by atoms with Crippen molar-refractivity contribution in [2.24, 2.45) is 0 Å². The summed E-state index contributed by atoms with van der Waals surface area (Å²) in [6, 6.07) is 6.17. The summed E-state index contributed by atoms with van der Waals surface area (Å²) in [4.78, 5) is 4.83. The third-order valence-electron chi connectivity index (χ3n) is 4.82. The highest BCUT2D eigenvalue weighted by molar-refractivity contribution is 5.76. The zero-order chi connectivity index (χ0) is 13.7. The lowest BCUT2D eigenvalue weighted by atomic mass is 9.88. The van der Waals surface area contributed by atoms with Gasteiger partial charge in [0.1, 0.15) is 11.6 Å². The Balaban J connectivity index is 1.83. The molecule has 3 nitrogen and oxygen atoms in total. The number of nitrogens with one attached hydrogen (secondary N) is 1. The Morgan fingerprint density at radius 2 is 2.30 bits per heavy atom. The molecule has 0 aliphatic carbocycles. The lowest BCUT2D eigenvalue weighted by Crippen LogP contribution is -2.23. The highest BCUT2D eigenvalue weighted by Gasteiger charge is 2.42. The summed E-state index contributed by atoms with van der Waals surface area (Å²) in [6.45, 7) is 3.08. The number of fused-ring (bicyclic) bond motifs is 3. The normalized spacial score (nSPS) is 28.6. The van der Waals surface area contributed by atoms with E-state index in [1.54, 1.807) is 12.1 Å². The molecule has 0 radical (unpaired) electrons. The molecule has 4 heteroatoms. The molecule has 3 unspecified atom stereocenters. The van der Waals surface area contributed by atoms with Gasteiger partial charge in [0.15, 0.2) is 0 Å². The average molecular weight is 273 g/mol. The second kappa shape index (κ2) is 4.55. The van der Waals surface area contributed by atoms with Crippen molar-refractivity contribution in [1.82, 2.24) is 14.9 Å². The number of hydrogen-bond acceptors (Lipinski definition) is 2. The van der Waals surface area contributed by atoms with Crippen molar-refractivity contribution in [1.29, 1.82) is 0 Å². The minimum atomic E-state index is -0.174. The lowest BCUT2D eigenvalue weighted by Gasteiger charge is -2.21. The summed E-state index contributed by atoms with van der Waals surface area (Å²) < 4.78 is 15.8. The fourth-order valence-corrected chi connectivity index (χ4v) is 3.97. The van der Waals surface area contributed by atoms with Gasteiger partial charge in [-0.3, -0.25) is 0 Å². The Kier molecular flexibility index (Phi) is 2.81. The summed E-state index contributed by atoms with van der Waals surface area (Å²) in [5, 5.41) is 3.67. The van der Waals surface area contributed by atoms with E-state index in [0.717, 1.165) is 29.8 Å². The first kappa shape index (κ1) is 12.3. The first-order valence-corrected chi connectivity index (χ1v) is 7.68. The van der Waals surface area contributed by atoms with E-state index < -0.39 is 0 Å². The van der Waals surface area contributed by atoms with Crippen LogP contribution in [0.2, 0.25) is 0 Å². The quantitative estimate of drug-likeness (QED) is 0.930. The third kappa shape index (κ3) is 1.78. The van der Waals surface area contributed by atoms with Crippen LogP contribution in [0.4, 0.5) is 4.39 Å². The van der Waals surface area contributed by atoms with Crippen molar-refractivity contribution >= 4 is 11.0 Å². The monoisotopic (exact) mass is 273 g/mol. The maximum absolute atomic E-state index is 13.5. The molecule has 3 heterocycles. The van der Waals surface area contributed by atoms with E-state index in [1.807, 2.05) is 0 Å². The fourth-order valence-electron chi connectivity index (χ4n) is 3.97. The van der Waals surface area contributed by atoms with Gasteiger partial charge in [-0.15, -0.1) is 0 Å². The smallest absolute Gasteiger partial charge is 0.125 e. The summed E-state index contributed by atoms with van der Waals surface area (Å²) in [5.41, 5.74) is 1.88. The number of benzene rings is 1. The molecule has 2 aliphatic heterocycles. The maximum atomic E-state index is 13.5. The van der Waals surface area contributed by atoms with Crippen LogP contribution in [0.3, 0.4) is 0 Å². The molecule has 20 heavy (non-hydrogen) atoms. The van der Waals surface area contributed by atoms with Gasteiger partial charge < -0.3 is 9.88 Å². The maximum Gasteiger partial charge on any atom is 0.125 e. The molecular formula is C16H20FN3. The molecule has 0 saturated carbocycles. The molecule has 1 aromatic carbocycles. The van der Waals surface area contributed by atoms with E-state index in [0.29, 0.717) is 18.0 Å². The standard InChI is InChI=1S/C16H20FN3/c1-2-7-20-15-8-10(17)3-5-14(15)19-16(20)12-9-11-4-6-13(12)18-11/h3,5,8,11-13,18H,2,4,6-7,9H2,1H3. The van der Waals surface area contributed by atoms with Crippen LogP contribution in [0.15, 0.2) is 18.2 Å². The van der Waals surface area contributed by atoms with E-state index >= 15 is 0 Å². The van der Waals surface area contributed by atoms with Gasteiger partial charge in [-0.2, -0.15) is 0 Å². The second-order valence-corrected chi connectivity index (χ2v) is 6.14. The summed E-state index contributed by atoms with van der Waals surface area (Å²) in [5.74, 6) is 1.48. The molecule has 2 aliphatic rings. The Morgan fingerprint density at radius 1 is 1.40 bits per heavy atom. The molecule has 2 bridgehead atoms. The molecule has 1 N–H and O–H groups in total. The first-order valence-electron chi connectivity index (χ1n) is 7.68. The van der Waals surface area contributed by atoms with E-state index in [2.05, 4.69) is 16.8 Å². The van der Waals surface area contributed by atoms with Gasteiger partial charge >= 0.3 is 0 Å². The molecule has 2 aromatic rings. The number of aromatic nitrogens is 2. The summed E-state index contributed by atoms with van der Waals surface area (Å²) >= 11 is 0. The molecule has 1 aromatic heterocycles. The third-order valence-corrected chi connectivity index (χ3v) is 4.82. The molecular weight excluding hydrogens is 253 g/mol. The first-order chi connectivity index (χ1) is 9.76. The van der Waals surface area contributed by atoms with Crippen LogP contribution in [-0.4, -0.2) is 21.6 Å². The van der Waals surface area contributed by atoms with Gasteiger partial charge in [0.05, 0.1) is 11.0 Å². The van der Waals surface area contributed by atoms with Gasteiger partial charge in [-0.25, -0.2) is 9.37 Å². The van der Waals surface area contributed by atoms with Crippen molar-refractivity contribution in [2.45, 2.75) is 57.2 Å². The molecule has 3 atom stereocenters. The van der Waals surface area contributed by atoms with Gasteiger partial charge in [0.25, 0.3) is 0 Å². The van der Waals surface area contributed by atoms with Crippen LogP contribution in [0.25, 0.3) is 11.0 Å². The predicted molar refractivity (Wildman–Crippen MR) is 77.3 cm³/mol. The second-order valence-electron chi connectivity index (χ2n) is 6.14. The van der Waals surface area contributed by atoms with E-state index in [1.165, 1.54) is 25.3 Å². The van der Waals surface area contributed by atoms with Crippen LogP contribution in [0.5, 0.6) is 0 Å². The number of hydrogen-bond donors (Lipinski definition) is 1. The molecule has 2 saturated heterocycles. The topological polar surface area (TPSA) is 29.9 Å². The Bertz CT molecular complexity index is 648. The molecule has 2 fully saturated rings. The van der Waals surface area contributed by atoms with Gasteiger partial charge in [-0.1, -0.05) is 6.92 Å². The summed E-state index contributed by atoms with van der Waals surface area (Å²) in [7, 11) is 0. The number of aryl methyl sites for hydroxylation is 1. The Hall–Kier alpha value is -1.42. The SMILES string of the molecule is CCCn1c(C2CC3CCC2N3)nc2ccc(F)cc21. The Labute approximate surface area is 118 Å². The molecule has 0 amide bonds. The number of imidazole rings is 1. The molecule has 4 rings (SSSR count). The van der Waals surface area contributed by atoms with Crippen LogP contribution in [-0.2, 0) is 6.54 Å². The van der Waals surface area contributed by atoms with E-state index in [9.17, 15) is 4.39 Å². The Morgan fingerprint density at radius 3 is 3.00 bits per heavy atom. The zero-order valence-electron chi connectivity index (χ0n) is 11.8. The van der Waals surface area contributed by atoms with Gasteiger partial charge in [-0.05, 0) is 43.9 Å². The number of nitrogens with zero attached hydrogens (tertiary/aromatic N) is 2. The molecule has 106 valence electrons. The number of halogens is 1. The van der Waals surface area contributed by atoms with Crippen molar-refractivity contribution in [3.05, 3.63) is 29.8 Å². The largest absolute Gasteiger partial charge is 0.328 e. The minimum absolute atomic E-state index is 0.174. The molecule has 0 spiro atoms. The van der Waals surface area contributed by atoms with Crippen LogP contribution in [0, 0.1) is 5.82 Å². The number of rotatable bonds is 3. The highest BCUT2D eigenvalue weighted by atomic mass is 19.1. The van der Waals surface area contributed by atoms with Gasteiger partial charge in [0, 0.05) is 24.5 Å². The highest BCUT2D eigenvalue weighted by Crippen LogP contribution is 2.40. The van der Waals surface area contributed by atoms with Gasteiger partial charge in [0.2, 0.25) is 0 Å². The fraction of sp³-hybridized carbons (Fsp3) is 0.562.